The highest BCUT2D eigenvalue weighted by molar-refractivity contribution is 6.31. The Balaban J connectivity index is 2.25. The van der Waals surface area contributed by atoms with Crippen molar-refractivity contribution >= 4 is 11.6 Å². The van der Waals surface area contributed by atoms with E-state index in [9.17, 15) is 0 Å². The van der Waals surface area contributed by atoms with Crippen LogP contribution in [-0.4, -0.2) is 4.98 Å². The van der Waals surface area contributed by atoms with Crippen molar-refractivity contribution in [1.29, 1.82) is 0 Å². The van der Waals surface area contributed by atoms with Crippen molar-refractivity contribution in [3.8, 4) is 0 Å². The van der Waals surface area contributed by atoms with Crippen molar-refractivity contribution in [3.63, 3.8) is 0 Å². The van der Waals surface area contributed by atoms with Crippen molar-refractivity contribution in [2.45, 2.75) is 18.9 Å². The van der Waals surface area contributed by atoms with Gasteiger partial charge in [0.15, 0.2) is 0 Å². The molecule has 0 aliphatic heterocycles. The van der Waals surface area contributed by atoms with E-state index in [1.807, 2.05) is 6.07 Å². The maximum atomic E-state index is 5.99. The van der Waals surface area contributed by atoms with Crippen LogP contribution in [0.3, 0.4) is 0 Å². The molecule has 0 bridgehead atoms. The predicted molar refractivity (Wildman–Crippen MR) is 48.9 cm³/mol. The van der Waals surface area contributed by atoms with Gasteiger partial charge in [-0.3, -0.25) is 4.98 Å². The summed E-state index contributed by atoms with van der Waals surface area (Å²) in [5, 5.41) is 0.692. The van der Waals surface area contributed by atoms with E-state index in [1.54, 1.807) is 12.4 Å². The predicted octanol–water partition coefficient (Wildman–Crippen LogP) is 2.14. The van der Waals surface area contributed by atoms with Crippen LogP contribution in [0.4, 0.5) is 0 Å². The molecule has 3 heteroatoms. The molecule has 1 heterocycles. The van der Waals surface area contributed by atoms with Gasteiger partial charge in [-0.25, -0.2) is 0 Å². The summed E-state index contributed by atoms with van der Waals surface area (Å²) in [6.07, 6.45) is 5.86. The van der Waals surface area contributed by atoms with Crippen molar-refractivity contribution < 1.29 is 0 Å². The molecule has 1 aromatic heterocycles. The van der Waals surface area contributed by atoms with Crippen LogP contribution >= 0.6 is 11.6 Å². The van der Waals surface area contributed by atoms with Crippen LogP contribution in [0.1, 0.15) is 24.4 Å². The van der Waals surface area contributed by atoms with E-state index < -0.39 is 0 Å². The first-order valence-electron chi connectivity index (χ1n) is 4.14. The van der Waals surface area contributed by atoms with Gasteiger partial charge in [-0.15, -0.1) is 0 Å². The molecule has 1 aromatic rings. The summed E-state index contributed by atoms with van der Waals surface area (Å²) in [7, 11) is 0. The van der Waals surface area contributed by atoms with Gasteiger partial charge in [0.25, 0.3) is 0 Å². The molecule has 0 spiro atoms. The molecule has 0 radical (unpaired) electrons. The minimum atomic E-state index is 0.112. The molecule has 1 fully saturated rings. The number of hydrogen-bond donors (Lipinski definition) is 1. The van der Waals surface area contributed by atoms with E-state index in [-0.39, 0.29) is 6.04 Å². The van der Waals surface area contributed by atoms with Crippen molar-refractivity contribution in [3.05, 3.63) is 29.0 Å². The van der Waals surface area contributed by atoms with Crippen LogP contribution in [0.25, 0.3) is 0 Å². The minimum absolute atomic E-state index is 0.112. The smallest absolute Gasteiger partial charge is 0.0637 e. The number of halogens is 1. The molecule has 2 rings (SSSR count). The van der Waals surface area contributed by atoms with Gasteiger partial charge in [-0.2, -0.15) is 0 Å². The Bertz CT molecular complexity index is 284. The Hall–Kier alpha value is -0.600. The SMILES string of the molecule is NC(c1ccncc1Cl)C1CC1. The van der Waals surface area contributed by atoms with E-state index in [2.05, 4.69) is 4.98 Å². The summed E-state index contributed by atoms with van der Waals surface area (Å²) in [6, 6.07) is 2.02. The second-order valence-electron chi connectivity index (χ2n) is 3.26. The van der Waals surface area contributed by atoms with Crippen molar-refractivity contribution in [1.82, 2.24) is 4.98 Å². The highest BCUT2D eigenvalue weighted by Gasteiger charge is 2.30. The average Bonchev–Trinajstić information content (AvgIpc) is 2.86. The maximum Gasteiger partial charge on any atom is 0.0637 e. The highest BCUT2D eigenvalue weighted by atomic mass is 35.5. The number of aromatic nitrogens is 1. The Morgan fingerprint density at radius 2 is 2.33 bits per heavy atom. The van der Waals surface area contributed by atoms with Gasteiger partial charge in [-0.05, 0) is 30.4 Å². The third kappa shape index (κ3) is 1.45. The Morgan fingerprint density at radius 3 is 2.92 bits per heavy atom. The van der Waals surface area contributed by atoms with Crippen LogP contribution in [-0.2, 0) is 0 Å². The van der Waals surface area contributed by atoms with E-state index in [0.717, 1.165) is 5.56 Å². The molecule has 1 aliphatic rings. The summed E-state index contributed by atoms with van der Waals surface area (Å²) >= 11 is 5.95. The standard InChI is InChI=1S/C9H11ClN2/c10-8-5-12-4-3-7(8)9(11)6-1-2-6/h3-6,9H,1-2,11H2. The zero-order chi connectivity index (χ0) is 8.55. The normalized spacial score (nSPS) is 19.2. The Labute approximate surface area is 76.7 Å². The molecule has 0 amide bonds. The van der Waals surface area contributed by atoms with Crippen LogP contribution in [0, 0.1) is 5.92 Å². The van der Waals surface area contributed by atoms with Crippen LogP contribution in [0.5, 0.6) is 0 Å². The highest BCUT2D eigenvalue weighted by Crippen LogP contribution is 2.40. The zero-order valence-electron chi connectivity index (χ0n) is 6.70. The minimum Gasteiger partial charge on any atom is -0.324 e. The number of nitrogens with two attached hydrogens (primary N) is 1. The fraction of sp³-hybridized carbons (Fsp3) is 0.444. The fourth-order valence-electron chi connectivity index (χ4n) is 1.37. The molecular weight excluding hydrogens is 172 g/mol. The van der Waals surface area contributed by atoms with Gasteiger partial charge in [0.2, 0.25) is 0 Å². The zero-order valence-corrected chi connectivity index (χ0v) is 7.46. The first-order chi connectivity index (χ1) is 5.79. The van der Waals surface area contributed by atoms with Gasteiger partial charge >= 0.3 is 0 Å². The molecule has 2 nitrogen and oxygen atoms in total. The number of hydrogen-bond acceptors (Lipinski definition) is 2. The van der Waals surface area contributed by atoms with Crippen LogP contribution < -0.4 is 5.73 Å². The Kier molecular flexibility index (Phi) is 2.03. The Morgan fingerprint density at radius 1 is 1.58 bits per heavy atom. The summed E-state index contributed by atoms with van der Waals surface area (Å²) < 4.78 is 0. The average molecular weight is 183 g/mol. The molecule has 0 aromatic carbocycles. The van der Waals surface area contributed by atoms with Crippen LogP contribution in [0.2, 0.25) is 5.02 Å². The van der Waals surface area contributed by atoms with Crippen molar-refractivity contribution in [2.24, 2.45) is 11.7 Å². The molecule has 1 unspecified atom stereocenters. The summed E-state index contributed by atoms with van der Waals surface area (Å²) in [5.41, 5.74) is 7.03. The van der Waals surface area contributed by atoms with E-state index in [1.165, 1.54) is 12.8 Å². The topological polar surface area (TPSA) is 38.9 Å². The maximum absolute atomic E-state index is 5.99. The third-order valence-electron chi connectivity index (χ3n) is 2.29. The fourth-order valence-corrected chi connectivity index (χ4v) is 1.61. The van der Waals surface area contributed by atoms with Gasteiger partial charge < -0.3 is 5.73 Å². The molecule has 1 aliphatic carbocycles. The second-order valence-corrected chi connectivity index (χ2v) is 3.67. The van der Waals surface area contributed by atoms with Gasteiger partial charge in [0, 0.05) is 18.4 Å². The number of rotatable bonds is 2. The number of pyridine rings is 1. The van der Waals surface area contributed by atoms with Crippen LogP contribution in [0.15, 0.2) is 18.5 Å². The molecule has 1 saturated carbocycles. The summed E-state index contributed by atoms with van der Waals surface area (Å²) in [6.45, 7) is 0. The lowest BCUT2D eigenvalue weighted by Gasteiger charge is -2.11. The first kappa shape index (κ1) is 8.02. The van der Waals surface area contributed by atoms with Crippen molar-refractivity contribution in [2.75, 3.05) is 0 Å². The molecule has 64 valence electrons. The largest absolute Gasteiger partial charge is 0.324 e. The monoisotopic (exact) mass is 182 g/mol. The molecule has 2 N–H and O–H groups in total. The third-order valence-corrected chi connectivity index (χ3v) is 2.61. The van der Waals surface area contributed by atoms with E-state index in [4.69, 9.17) is 17.3 Å². The van der Waals surface area contributed by atoms with E-state index in [0.29, 0.717) is 10.9 Å². The molecule has 12 heavy (non-hydrogen) atoms. The van der Waals surface area contributed by atoms with Gasteiger partial charge in [-0.1, -0.05) is 11.6 Å². The molecular formula is C9H11ClN2. The second kappa shape index (κ2) is 3.04. The lowest BCUT2D eigenvalue weighted by Crippen LogP contribution is -2.12. The first-order valence-corrected chi connectivity index (χ1v) is 4.52. The van der Waals surface area contributed by atoms with E-state index >= 15 is 0 Å². The summed E-state index contributed by atoms with van der Waals surface area (Å²) in [5.74, 6) is 0.643. The van der Waals surface area contributed by atoms with Gasteiger partial charge in [0.1, 0.15) is 0 Å². The number of nitrogens with zero attached hydrogens (tertiary/aromatic N) is 1. The lowest BCUT2D eigenvalue weighted by atomic mass is 10.1. The quantitative estimate of drug-likeness (QED) is 0.761. The molecule has 0 saturated heterocycles. The summed E-state index contributed by atoms with van der Waals surface area (Å²) in [4.78, 5) is 3.92. The lowest BCUT2D eigenvalue weighted by molar-refractivity contribution is 0.633. The van der Waals surface area contributed by atoms with Gasteiger partial charge in [0.05, 0.1) is 5.02 Å². The molecule has 1 atom stereocenters.